The van der Waals surface area contributed by atoms with Crippen LogP contribution in [0.15, 0.2) is 0 Å². The van der Waals surface area contributed by atoms with Crippen molar-refractivity contribution in [2.24, 2.45) is 17.3 Å². The molecule has 0 fully saturated rings. The molecule has 0 bridgehead atoms. The van der Waals surface area contributed by atoms with E-state index < -0.39 is 0 Å². The molecule has 14 heavy (non-hydrogen) atoms. The Balaban J connectivity index is 3.84. The molecule has 0 aliphatic heterocycles. The Hall–Kier alpha value is -0.530. The molecular weight excluding hydrogens is 174 g/mol. The number of rotatable bonds is 4. The van der Waals surface area contributed by atoms with Gasteiger partial charge in [-0.2, -0.15) is 0 Å². The molecule has 0 aliphatic rings. The van der Waals surface area contributed by atoms with Gasteiger partial charge in [0.05, 0.1) is 0 Å². The van der Waals surface area contributed by atoms with Crippen molar-refractivity contribution in [1.29, 1.82) is 0 Å². The predicted molar refractivity (Wildman–Crippen MR) is 61.1 cm³/mol. The summed E-state index contributed by atoms with van der Waals surface area (Å²) in [4.78, 5) is 11.5. The van der Waals surface area contributed by atoms with Gasteiger partial charge in [0.2, 0.25) is 5.91 Å². The average Bonchev–Trinajstić information content (AvgIpc) is 1.99. The number of amides is 1. The summed E-state index contributed by atoms with van der Waals surface area (Å²) in [7, 11) is 0. The molecule has 2 nitrogen and oxygen atoms in total. The highest BCUT2D eigenvalue weighted by atomic mass is 16.1. The number of nitrogens with one attached hydrogen (secondary N) is 1. The van der Waals surface area contributed by atoms with Crippen molar-refractivity contribution in [1.82, 2.24) is 5.32 Å². The fraction of sp³-hybridized carbons (Fsp3) is 0.917. The average molecular weight is 199 g/mol. The number of carbonyl (C=O) groups is 1. The van der Waals surface area contributed by atoms with Gasteiger partial charge < -0.3 is 5.32 Å². The van der Waals surface area contributed by atoms with Crippen molar-refractivity contribution in [3.05, 3.63) is 0 Å². The Labute approximate surface area is 88.5 Å². The van der Waals surface area contributed by atoms with Gasteiger partial charge in [-0.15, -0.1) is 0 Å². The molecule has 2 heteroatoms. The second kappa shape index (κ2) is 5.38. The minimum absolute atomic E-state index is 0.182. The maximum atomic E-state index is 11.5. The fourth-order valence-electron chi connectivity index (χ4n) is 0.974. The van der Waals surface area contributed by atoms with Gasteiger partial charge in [-0.05, 0) is 17.3 Å². The van der Waals surface area contributed by atoms with E-state index in [0.717, 1.165) is 6.54 Å². The third kappa shape index (κ3) is 6.01. The molecule has 0 aromatic heterocycles. The van der Waals surface area contributed by atoms with E-state index >= 15 is 0 Å². The third-order valence-corrected chi connectivity index (χ3v) is 2.68. The summed E-state index contributed by atoms with van der Waals surface area (Å²) < 4.78 is 0. The van der Waals surface area contributed by atoms with E-state index in [4.69, 9.17) is 0 Å². The molecule has 1 amide bonds. The SMILES string of the molecule is CC(C)CNC(=O)CC(C)C(C)(C)C. The first-order chi connectivity index (χ1) is 6.23. The van der Waals surface area contributed by atoms with Gasteiger partial charge in [-0.3, -0.25) is 4.79 Å². The molecule has 0 heterocycles. The summed E-state index contributed by atoms with van der Waals surface area (Å²) in [6, 6.07) is 0. The maximum Gasteiger partial charge on any atom is 0.220 e. The summed E-state index contributed by atoms with van der Waals surface area (Å²) in [5, 5.41) is 2.95. The van der Waals surface area contributed by atoms with E-state index in [9.17, 15) is 4.79 Å². The zero-order chi connectivity index (χ0) is 11.4. The van der Waals surface area contributed by atoms with Crippen LogP contribution in [0.4, 0.5) is 0 Å². The van der Waals surface area contributed by atoms with Gasteiger partial charge in [-0.1, -0.05) is 41.5 Å². The number of hydrogen-bond acceptors (Lipinski definition) is 1. The minimum Gasteiger partial charge on any atom is -0.356 e. The molecule has 0 rings (SSSR count). The van der Waals surface area contributed by atoms with Crippen molar-refractivity contribution in [3.8, 4) is 0 Å². The minimum atomic E-state index is 0.182. The fourth-order valence-corrected chi connectivity index (χ4v) is 0.974. The smallest absolute Gasteiger partial charge is 0.220 e. The monoisotopic (exact) mass is 199 g/mol. The summed E-state index contributed by atoms with van der Waals surface area (Å²) in [5.74, 6) is 1.14. The molecule has 1 N–H and O–H groups in total. The van der Waals surface area contributed by atoms with Gasteiger partial charge in [-0.25, -0.2) is 0 Å². The topological polar surface area (TPSA) is 29.1 Å². The largest absolute Gasteiger partial charge is 0.356 e. The van der Waals surface area contributed by atoms with Crippen molar-refractivity contribution in [2.45, 2.75) is 48.0 Å². The molecule has 0 aromatic rings. The van der Waals surface area contributed by atoms with Crippen LogP contribution in [0.3, 0.4) is 0 Å². The summed E-state index contributed by atoms with van der Waals surface area (Å²) in [6.45, 7) is 13.7. The second-order valence-corrected chi connectivity index (χ2v) is 5.67. The van der Waals surface area contributed by atoms with Gasteiger partial charge in [0.15, 0.2) is 0 Å². The molecule has 0 aromatic carbocycles. The lowest BCUT2D eigenvalue weighted by Gasteiger charge is -2.26. The first kappa shape index (κ1) is 13.5. The van der Waals surface area contributed by atoms with Crippen LogP contribution in [0.1, 0.15) is 48.0 Å². The Kier molecular flexibility index (Phi) is 5.17. The molecule has 0 saturated carbocycles. The third-order valence-electron chi connectivity index (χ3n) is 2.68. The zero-order valence-electron chi connectivity index (χ0n) is 10.5. The molecule has 0 spiro atoms. The lowest BCUT2D eigenvalue weighted by Crippen LogP contribution is -2.31. The predicted octanol–water partition coefficient (Wildman–Crippen LogP) is 2.83. The lowest BCUT2D eigenvalue weighted by atomic mass is 9.80. The Morgan fingerprint density at radius 1 is 1.21 bits per heavy atom. The molecular formula is C12H25NO. The van der Waals surface area contributed by atoms with E-state index in [1.807, 2.05) is 0 Å². The molecule has 84 valence electrons. The van der Waals surface area contributed by atoms with Crippen LogP contribution in [-0.2, 0) is 4.79 Å². The van der Waals surface area contributed by atoms with Gasteiger partial charge in [0, 0.05) is 13.0 Å². The van der Waals surface area contributed by atoms with Crippen LogP contribution in [0.25, 0.3) is 0 Å². The van der Waals surface area contributed by atoms with E-state index in [1.54, 1.807) is 0 Å². The summed E-state index contributed by atoms with van der Waals surface area (Å²) >= 11 is 0. The van der Waals surface area contributed by atoms with Crippen molar-refractivity contribution >= 4 is 5.91 Å². The van der Waals surface area contributed by atoms with E-state index in [-0.39, 0.29) is 11.3 Å². The summed E-state index contributed by atoms with van der Waals surface area (Å²) in [6.07, 6.45) is 0.635. The van der Waals surface area contributed by atoms with E-state index in [2.05, 4.69) is 46.9 Å². The van der Waals surface area contributed by atoms with Crippen LogP contribution in [0.5, 0.6) is 0 Å². The molecule has 1 atom stereocenters. The Morgan fingerprint density at radius 3 is 2.07 bits per heavy atom. The number of hydrogen-bond donors (Lipinski definition) is 1. The van der Waals surface area contributed by atoms with Crippen LogP contribution < -0.4 is 5.32 Å². The Morgan fingerprint density at radius 2 is 1.71 bits per heavy atom. The second-order valence-electron chi connectivity index (χ2n) is 5.67. The lowest BCUT2D eigenvalue weighted by molar-refractivity contribution is -0.122. The first-order valence-corrected chi connectivity index (χ1v) is 5.50. The van der Waals surface area contributed by atoms with Gasteiger partial charge in [0.1, 0.15) is 0 Å². The van der Waals surface area contributed by atoms with E-state index in [1.165, 1.54) is 0 Å². The Bertz CT molecular complexity index is 179. The van der Waals surface area contributed by atoms with Gasteiger partial charge >= 0.3 is 0 Å². The van der Waals surface area contributed by atoms with Crippen LogP contribution in [0.2, 0.25) is 0 Å². The molecule has 0 radical (unpaired) electrons. The highest BCUT2D eigenvalue weighted by Gasteiger charge is 2.22. The first-order valence-electron chi connectivity index (χ1n) is 5.50. The van der Waals surface area contributed by atoms with Crippen molar-refractivity contribution in [3.63, 3.8) is 0 Å². The van der Waals surface area contributed by atoms with E-state index in [0.29, 0.717) is 18.3 Å². The van der Waals surface area contributed by atoms with Crippen LogP contribution in [-0.4, -0.2) is 12.5 Å². The zero-order valence-corrected chi connectivity index (χ0v) is 10.5. The van der Waals surface area contributed by atoms with Crippen LogP contribution >= 0.6 is 0 Å². The summed E-state index contributed by atoms with van der Waals surface area (Å²) in [5.41, 5.74) is 0.217. The van der Waals surface area contributed by atoms with Crippen LogP contribution in [0, 0.1) is 17.3 Å². The maximum absolute atomic E-state index is 11.5. The standard InChI is InChI=1S/C12H25NO/c1-9(2)8-13-11(14)7-10(3)12(4,5)6/h9-10H,7-8H2,1-6H3,(H,13,14). The molecule has 0 aliphatic carbocycles. The molecule has 0 saturated heterocycles. The van der Waals surface area contributed by atoms with Crippen molar-refractivity contribution in [2.75, 3.05) is 6.54 Å². The normalized spacial score (nSPS) is 14.2. The quantitative estimate of drug-likeness (QED) is 0.741. The highest BCUT2D eigenvalue weighted by molar-refractivity contribution is 5.76. The van der Waals surface area contributed by atoms with Crippen molar-refractivity contribution < 1.29 is 4.79 Å². The highest BCUT2D eigenvalue weighted by Crippen LogP contribution is 2.27. The van der Waals surface area contributed by atoms with Gasteiger partial charge in [0.25, 0.3) is 0 Å². The molecule has 1 unspecified atom stereocenters. The number of carbonyl (C=O) groups excluding carboxylic acids is 1.